The molecule has 188 valence electrons. The van der Waals surface area contributed by atoms with Crippen LogP contribution < -0.4 is 4.31 Å². The van der Waals surface area contributed by atoms with E-state index in [1.807, 2.05) is 54.6 Å². The molecule has 1 heterocycles. The Morgan fingerprint density at radius 1 is 1.00 bits per heavy atom. The molecule has 0 spiro atoms. The molecular weight excluding hydrogens is 500 g/mol. The summed E-state index contributed by atoms with van der Waals surface area (Å²) in [5.41, 5.74) is 1.50. The molecule has 0 aliphatic heterocycles. The Hall–Kier alpha value is -3.34. The number of furan rings is 1. The van der Waals surface area contributed by atoms with Crippen LogP contribution >= 0.6 is 11.9 Å². The predicted molar refractivity (Wildman–Crippen MR) is 140 cm³/mol. The van der Waals surface area contributed by atoms with E-state index in [2.05, 4.69) is 0 Å². The molecule has 1 aromatic heterocycles. The van der Waals surface area contributed by atoms with Crippen molar-refractivity contribution in [3.05, 3.63) is 72.8 Å². The molecule has 10 heteroatoms. The largest absolute Gasteiger partial charge is 0.755 e. The number of para-hydroxylation sites is 1. The quantitative estimate of drug-likeness (QED) is 0.159. The number of fused-ring (bicyclic) bond motifs is 3. The predicted octanol–water partition coefficient (Wildman–Crippen LogP) is 5.37. The first kappa shape index (κ1) is 25.7. The normalized spacial score (nSPS) is 12.9. The molecule has 0 aliphatic rings. The van der Waals surface area contributed by atoms with Crippen LogP contribution in [-0.2, 0) is 20.9 Å². The monoisotopic (exact) mass is 525 g/mol. The topological polar surface area (TPSA) is 114 Å². The number of carbonyl (C=O) groups excluding carboxylic acids is 1. The van der Waals surface area contributed by atoms with E-state index in [9.17, 15) is 23.5 Å². The molecule has 0 radical (unpaired) electrons. The Kier molecular flexibility index (Phi) is 8.29. The highest BCUT2D eigenvalue weighted by Crippen LogP contribution is 2.33. The summed E-state index contributed by atoms with van der Waals surface area (Å²) < 4.78 is 32.7. The van der Waals surface area contributed by atoms with E-state index in [-0.39, 0.29) is 18.0 Å². The minimum absolute atomic E-state index is 0.0925. The first-order valence-electron chi connectivity index (χ1n) is 11.4. The van der Waals surface area contributed by atoms with Crippen LogP contribution in [0.1, 0.15) is 26.2 Å². The third-order valence-corrected chi connectivity index (χ3v) is 7.67. The van der Waals surface area contributed by atoms with Crippen molar-refractivity contribution < 1.29 is 27.9 Å². The maximum absolute atomic E-state index is 12.2. The molecule has 1 N–H and O–H groups in total. The third kappa shape index (κ3) is 5.89. The number of carbonyl (C=O) groups is 2. The van der Waals surface area contributed by atoms with Crippen molar-refractivity contribution in [1.82, 2.24) is 4.31 Å². The van der Waals surface area contributed by atoms with Gasteiger partial charge in [0.05, 0.1) is 5.69 Å². The average molecular weight is 526 g/mol. The molecular formula is C26H25N2O6S2-. The number of hydrogen-bond acceptors (Lipinski definition) is 6. The van der Waals surface area contributed by atoms with Gasteiger partial charge in [-0.2, -0.15) is 0 Å². The first-order valence-corrected chi connectivity index (χ1v) is 13.2. The van der Waals surface area contributed by atoms with Gasteiger partial charge in [-0.05, 0) is 67.6 Å². The minimum atomic E-state index is -2.81. The van der Waals surface area contributed by atoms with Gasteiger partial charge in [0.15, 0.2) is 0 Å². The molecule has 8 nitrogen and oxygen atoms in total. The fourth-order valence-electron chi connectivity index (χ4n) is 4.03. The van der Waals surface area contributed by atoms with Gasteiger partial charge in [-0.1, -0.05) is 36.4 Å². The van der Waals surface area contributed by atoms with Crippen LogP contribution in [0.2, 0.25) is 0 Å². The van der Waals surface area contributed by atoms with E-state index < -0.39 is 23.3 Å². The molecule has 36 heavy (non-hydrogen) atoms. The summed E-state index contributed by atoms with van der Waals surface area (Å²) in [6, 6.07) is 20.4. The van der Waals surface area contributed by atoms with Gasteiger partial charge in [0.1, 0.15) is 17.2 Å². The number of amides is 1. The van der Waals surface area contributed by atoms with E-state index in [0.29, 0.717) is 35.9 Å². The second-order valence-electron chi connectivity index (χ2n) is 8.20. The maximum atomic E-state index is 12.2. The van der Waals surface area contributed by atoms with Gasteiger partial charge in [0.25, 0.3) is 0 Å². The highest BCUT2D eigenvalue weighted by atomic mass is 32.2. The van der Waals surface area contributed by atoms with Gasteiger partial charge in [0.2, 0.25) is 5.91 Å². The van der Waals surface area contributed by atoms with E-state index in [4.69, 9.17) is 4.42 Å². The number of aliphatic carboxylic acids is 1. The molecule has 2 unspecified atom stereocenters. The summed E-state index contributed by atoms with van der Waals surface area (Å²) in [7, 11) is 0. The summed E-state index contributed by atoms with van der Waals surface area (Å²) in [5.74, 6) is -1.35. The van der Waals surface area contributed by atoms with Crippen molar-refractivity contribution in [2.75, 3.05) is 10.8 Å². The zero-order chi connectivity index (χ0) is 25.7. The SMILES string of the molecule is CC(=O)N(CCCCC(C(=O)O)N(c1ccc2oc3ccccc3c2c1)S(=O)[O-])Sc1ccccc1. The molecule has 0 saturated heterocycles. The summed E-state index contributed by atoms with van der Waals surface area (Å²) in [6.07, 6.45) is 1.03. The second kappa shape index (κ2) is 11.6. The number of carboxylic acids is 1. The molecule has 2 atom stereocenters. The lowest BCUT2D eigenvalue weighted by Crippen LogP contribution is -2.42. The number of unbranched alkanes of at least 4 members (excludes halogenated alkanes) is 1. The second-order valence-corrected chi connectivity index (χ2v) is 10.1. The smallest absolute Gasteiger partial charge is 0.327 e. The standard InChI is InChI=1S/C26H26N2O6S2/c1-18(29)27(35-20-9-3-2-4-10-20)16-8-7-12-23(26(30)31)28(36(32)33)19-14-15-25-22(17-19)21-11-5-6-13-24(21)34-25/h2-6,9-11,13-15,17,23H,7-8,12,16H2,1H3,(H,30,31)(H,32,33)/p-1. The van der Waals surface area contributed by atoms with E-state index in [1.165, 1.54) is 18.9 Å². The van der Waals surface area contributed by atoms with Gasteiger partial charge in [-0.25, -0.2) is 4.79 Å². The zero-order valence-corrected chi connectivity index (χ0v) is 21.2. The van der Waals surface area contributed by atoms with Crippen LogP contribution in [0.4, 0.5) is 5.69 Å². The summed E-state index contributed by atoms with van der Waals surface area (Å²) in [6.45, 7) is 1.89. The lowest BCUT2D eigenvalue weighted by molar-refractivity contribution is -0.138. The van der Waals surface area contributed by atoms with Crippen molar-refractivity contribution in [3.63, 3.8) is 0 Å². The summed E-state index contributed by atoms with van der Waals surface area (Å²) >= 11 is -1.49. The van der Waals surface area contributed by atoms with Crippen molar-refractivity contribution >= 4 is 62.7 Å². The highest BCUT2D eigenvalue weighted by Gasteiger charge is 2.27. The van der Waals surface area contributed by atoms with E-state index >= 15 is 0 Å². The Morgan fingerprint density at radius 3 is 2.39 bits per heavy atom. The van der Waals surface area contributed by atoms with Gasteiger partial charge >= 0.3 is 5.97 Å². The van der Waals surface area contributed by atoms with Crippen molar-refractivity contribution in [1.29, 1.82) is 0 Å². The van der Waals surface area contributed by atoms with Gasteiger partial charge in [-0.15, -0.1) is 0 Å². The lowest BCUT2D eigenvalue weighted by atomic mass is 10.1. The van der Waals surface area contributed by atoms with Gasteiger partial charge in [-0.3, -0.25) is 17.6 Å². The molecule has 4 rings (SSSR count). The van der Waals surface area contributed by atoms with Crippen LogP contribution in [0.3, 0.4) is 0 Å². The number of carboxylic acid groups (broad SMARTS) is 1. The summed E-state index contributed by atoms with van der Waals surface area (Å²) in [5, 5.41) is 11.4. The number of benzene rings is 3. The number of rotatable bonds is 11. The molecule has 3 aromatic carbocycles. The van der Waals surface area contributed by atoms with Crippen LogP contribution in [0.25, 0.3) is 21.9 Å². The number of anilines is 1. The fourth-order valence-corrected chi connectivity index (χ4v) is 5.60. The summed E-state index contributed by atoms with van der Waals surface area (Å²) in [4.78, 5) is 25.1. The molecule has 4 aromatic rings. The van der Waals surface area contributed by atoms with Crippen molar-refractivity contribution in [3.8, 4) is 0 Å². The molecule has 0 saturated carbocycles. The fraction of sp³-hybridized carbons (Fsp3) is 0.231. The van der Waals surface area contributed by atoms with E-state index in [0.717, 1.165) is 14.6 Å². The molecule has 0 bridgehead atoms. The zero-order valence-electron chi connectivity index (χ0n) is 19.5. The first-order chi connectivity index (χ1) is 17.3. The Balaban J connectivity index is 1.48. The Morgan fingerprint density at radius 2 is 1.69 bits per heavy atom. The van der Waals surface area contributed by atoms with Gasteiger partial charge in [0, 0.05) is 40.4 Å². The van der Waals surface area contributed by atoms with Crippen molar-refractivity contribution in [2.24, 2.45) is 0 Å². The molecule has 0 fully saturated rings. The lowest BCUT2D eigenvalue weighted by Gasteiger charge is -2.32. The molecule has 1 amide bonds. The number of hydrogen-bond donors (Lipinski definition) is 1. The van der Waals surface area contributed by atoms with Crippen LogP contribution in [0.15, 0.2) is 82.1 Å². The Labute approximate surface area is 215 Å². The maximum Gasteiger partial charge on any atom is 0.327 e. The van der Waals surface area contributed by atoms with Crippen molar-refractivity contribution in [2.45, 2.75) is 37.1 Å². The van der Waals surface area contributed by atoms with E-state index in [1.54, 1.807) is 22.5 Å². The third-order valence-electron chi connectivity index (χ3n) is 5.74. The van der Waals surface area contributed by atoms with Gasteiger partial charge < -0.3 is 14.1 Å². The molecule has 0 aliphatic carbocycles. The number of nitrogens with zero attached hydrogens (tertiary/aromatic N) is 2. The Bertz CT molecular complexity index is 1390. The van der Waals surface area contributed by atoms with Crippen LogP contribution in [-0.4, -0.2) is 42.6 Å². The average Bonchev–Trinajstić information content (AvgIpc) is 3.23. The van der Waals surface area contributed by atoms with Crippen LogP contribution in [0.5, 0.6) is 0 Å². The minimum Gasteiger partial charge on any atom is -0.755 e. The van der Waals surface area contributed by atoms with Crippen LogP contribution in [0, 0.1) is 0 Å². The highest BCUT2D eigenvalue weighted by molar-refractivity contribution is 7.97.